The van der Waals surface area contributed by atoms with Crippen LogP contribution in [0.3, 0.4) is 0 Å². The maximum absolute atomic E-state index is 12.9. The molecule has 0 fully saturated rings. The zero-order valence-electron chi connectivity index (χ0n) is 8.72. The highest BCUT2D eigenvalue weighted by Gasteiger charge is 1.96. The van der Waals surface area contributed by atoms with Crippen LogP contribution in [0.4, 0.5) is 4.39 Å². The average molecular weight is 257 g/mol. The Labute approximate surface area is 103 Å². The lowest BCUT2D eigenvalue weighted by atomic mass is 10.2. The molecule has 1 aromatic carbocycles. The first kappa shape index (κ1) is 13.1. The van der Waals surface area contributed by atoms with E-state index in [0.29, 0.717) is 22.8 Å². The third kappa shape index (κ3) is 5.20. The van der Waals surface area contributed by atoms with Gasteiger partial charge >= 0.3 is 0 Å². The van der Waals surface area contributed by atoms with E-state index < -0.39 is 5.82 Å². The number of rotatable bonds is 2. The van der Waals surface area contributed by atoms with E-state index in [-0.39, 0.29) is 5.12 Å². The first-order chi connectivity index (χ1) is 7.58. The minimum Gasteiger partial charge on any atom is -0.288 e. The maximum atomic E-state index is 12.9. The van der Waals surface area contributed by atoms with E-state index in [4.69, 9.17) is 11.6 Å². The summed E-state index contributed by atoms with van der Waals surface area (Å²) in [6.07, 6.45) is 0.596. The molecule has 0 aliphatic heterocycles. The molecular formula is C12H10ClFOS. The van der Waals surface area contributed by atoms with Crippen molar-refractivity contribution in [1.82, 2.24) is 0 Å². The first-order valence-corrected chi connectivity index (χ1v) is 6.02. The highest BCUT2D eigenvalue weighted by molar-refractivity contribution is 8.13. The van der Waals surface area contributed by atoms with Gasteiger partial charge in [-0.15, -0.1) is 0 Å². The monoisotopic (exact) mass is 256 g/mol. The summed E-state index contributed by atoms with van der Waals surface area (Å²) in [5, 5.41) is 0.415. The highest BCUT2D eigenvalue weighted by atomic mass is 35.5. The molecule has 16 heavy (non-hydrogen) atoms. The van der Waals surface area contributed by atoms with Crippen LogP contribution in [0.5, 0.6) is 0 Å². The molecule has 0 radical (unpaired) electrons. The van der Waals surface area contributed by atoms with Crippen molar-refractivity contribution in [2.45, 2.75) is 13.3 Å². The molecule has 0 saturated heterocycles. The van der Waals surface area contributed by atoms with E-state index in [1.807, 2.05) is 0 Å². The minimum atomic E-state index is -0.394. The van der Waals surface area contributed by atoms with E-state index in [1.54, 1.807) is 6.07 Å². The highest BCUT2D eigenvalue weighted by Crippen LogP contribution is 2.13. The van der Waals surface area contributed by atoms with Gasteiger partial charge in [0.05, 0.1) is 0 Å². The second-order valence-electron chi connectivity index (χ2n) is 3.05. The van der Waals surface area contributed by atoms with E-state index >= 15 is 0 Å². The zero-order chi connectivity index (χ0) is 12.0. The predicted molar refractivity (Wildman–Crippen MR) is 66.0 cm³/mol. The largest absolute Gasteiger partial charge is 0.288 e. The van der Waals surface area contributed by atoms with Crippen LogP contribution in [0.1, 0.15) is 18.9 Å². The van der Waals surface area contributed by atoms with Crippen LogP contribution < -0.4 is 0 Å². The number of thioether (sulfide) groups is 1. The molecule has 1 rings (SSSR count). The summed E-state index contributed by atoms with van der Waals surface area (Å²) in [6.45, 7) is 1.52. The molecule has 0 amide bonds. The van der Waals surface area contributed by atoms with Crippen molar-refractivity contribution in [3.8, 4) is 11.8 Å². The third-order valence-electron chi connectivity index (χ3n) is 1.63. The SMILES string of the molecule is CC(=O)SCCC#Cc1cc(F)cc(Cl)c1. The lowest BCUT2D eigenvalue weighted by Gasteiger charge is -1.93. The Morgan fingerprint density at radius 2 is 2.25 bits per heavy atom. The molecule has 1 aromatic rings. The van der Waals surface area contributed by atoms with Crippen LogP contribution in [0.2, 0.25) is 5.02 Å². The Balaban J connectivity index is 2.53. The van der Waals surface area contributed by atoms with Gasteiger partial charge in [-0.05, 0) is 18.2 Å². The van der Waals surface area contributed by atoms with Crippen molar-refractivity contribution in [1.29, 1.82) is 0 Å². The van der Waals surface area contributed by atoms with Gasteiger partial charge in [-0.2, -0.15) is 0 Å². The van der Waals surface area contributed by atoms with Crippen LogP contribution in [-0.4, -0.2) is 10.9 Å². The van der Waals surface area contributed by atoms with Crippen molar-refractivity contribution < 1.29 is 9.18 Å². The quantitative estimate of drug-likeness (QED) is 0.595. The number of halogens is 2. The molecule has 0 aliphatic rings. The van der Waals surface area contributed by atoms with E-state index in [2.05, 4.69) is 11.8 Å². The third-order valence-corrected chi connectivity index (χ3v) is 2.66. The average Bonchev–Trinajstić information content (AvgIpc) is 2.15. The summed E-state index contributed by atoms with van der Waals surface area (Å²) in [5.74, 6) is 5.93. The fraction of sp³-hybridized carbons (Fsp3) is 0.250. The minimum absolute atomic E-state index is 0.0793. The molecular weight excluding hydrogens is 247 g/mol. The van der Waals surface area contributed by atoms with E-state index in [9.17, 15) is 9.18 Å². The summed E-state index contributed by atoms with van der Waals surface area (Å²) < 4.78 is 12.9. The topological polar surface area (TPSA) is 17.1 Å². The number of carbonyl (C=O) groups excluding carboxylic acids is 1. The standard InChI is InChI=1S/C12H10ClFOS/c1-9(15)16-5-3-2-4-10-6-11(13)8-12(14)7-10/h6-8H,3,5H2,1H3. The van der Waals surface area contributed by atoms with Gasteiger partial charge in [-0.25, -0.2) is 4.39 Å². The second-order valence-corrected chi connectivity index (χ2v) is 4.76. The van der Waals surface area contributed by atoms with Crippen LogP contribution in [0.25, 0.3) is 0 Å². The predicted octanol–water partition coefficient (Wildman–Crippen LogP) is 3.50. The van der Waals surface area contributed by atoms with Crippen molar-refractivity contribution in [2.75, 3.05) is 5.75 Å². The van der Waals surface area contributed by atoms with Crippen LogP contribution in [0, 0.1) is 17.7 Å². The van der Waals surface area contributed by atoms with Gasteiger partial charge in [0.15, 0.2) is 5.12 Å². The zero-order valence-corrected chi connectivity index (χ0v) is 10.3. The Morgan fingerprint density at radius 1 is 1.50 bits per heavy atom. The molecule has 0 aromatic heterocycles. The molecule has 4 heteroatoms. The maximum Gasteiger partial charge on any atom is 0.185 e. The molecule has 0 aliphatic carbocycles. The summed E-state index contributed by atoms with van der Waals surface area (Å²) in [4.78, 5) is 10.6. The van der Waals surface area contributed by atoms with E-state index in [1.165, 1.54) is 30.8 Å². The summed E-state index contributed by atoms with van der Waals surface area (Å²) in [5.41, 5.74) is 0.554. The van der Waals surface area contributed by atoms with Gasteiger partial charge in [-0.1, -0.05) is 35.2 Å². The fourth-order valence-electron chi connectivity index (χ4n) is 1.04. The molecule has 0 heterocycles. The van der Waals surface area contributed by atoms with Crippen LogP contribution in [-0.2, 0) is 4.79 Å². The summed E-state index contributed by atoms with van der Waals surface area (Å²) in [6, 6.07) is 4.17. The molecule has 0 atom stereocenters. The van der Waals surface area contributed by atoms with Gasteiger partial charge in [-0.3, -0.25) is 4.79 Å². The molecule has 1 nitrogen and oxygen atoms in total. The molecule has 0 N–H and O–H groups in total. The summed E-state index contributed by atoms with van der Waals surface area (Å²) in [7, 11) is 0. The fourth-order valence-corrected chi connectivity index (χ4v) is 1.75. The van der Waals surface area contributed by atoms with Crippen molar-refractivity contribution in [3.05, 3.63) is 34.6 Å². The van der Waals surface area contributed by atoms with E-state index in [0.717, 1.165) is 0 Å². The molecule has 84 valence electrons. The van der Waals surface area contributed by atoms with Gasteiger partial charge in [0.25, 0.3) is 0 Å². The second kappa shape index (κ2) is 6.57. The van der Waals surface area contributed by atoms with Gasteiger partial charge in [0.2, 0.25) is 0 Å². The Hall–Kier alpha value is -0.980. The van der Waals surface area contributed by atoms with Gasteiger partial charge < -0.3 is 0 Å². The number of benzene rings is 1. The molecule has 0 bridgehead atoms. The van der Waals surface area contributed by atoms with Crippen molar-refractivity contribution in [3.63, 3.8) is 0 Å². The van der Waals surface area contributed by atoms with Crippen LogP contribution in [0.15, 0.2) is 18.2 Å². The van der Waals surface area contributed by atoms with Crippen LogP contribution >= 0.6 is 23.4 Å². The van der Waals surface area contributed by atoms with Crippen molar-refractivity contribution in [2.24, 2.45) is 0 Å². The molecule has 0 saturated carbocycles. The number of hydrogen-bond acceptors (Lipinski definition) is 2. The Bertz CT molecular complexity index is 428. The van der Waals surface area contributed by atoms with Crippen molar-refractivity contribution >= 4 is 28.5 Å². The van der Waals surface area contributed by atoms with Gasteiger partial charge in [0.1, 0.15) is 5.82 Å². The van der Waals surface area contributed by atoms with Gasteiger partial charge in [0, 0.05) is 29.7 Å². The molecule has 0 spiro atoms. The lowest BCUT2D eigenvalue weighted by Crippen LogP contribution is -1.84. The normalized spacial score (nSPS) is 9.44. The first-order valence-electron chi connectivity index (χ1n) is 4.66. The lowest BCUT2D eigenvalue weighted by molar-refractivity contribution is -0.109. The number of hydrogen-bond donors (Lipinski definition) is 0. The Kier molecular flexibility index (Phi) is 5.37. The Morgan fingerprint density at radius 3 is 2.88 bits per heavy atom. The number of carbonyl (C=O) groups is 1. The summed E-state index contributed by atoms with van der Waals surface area (Å²) >= 11 is 6.91. The smallest absolute Gasteiger partial charge is 0.185 e. The molecule has 0 unspecified atom stereocenters.